The number of aryl methyl sites for hydroxylation is 3. The average molecular weight is 361 g/mol. The molecular weight excluding hydrogens is 330 g/mol. The van der Waals surface area contributed by atoms with Crippen LogP contribution in [0.25, 0.3) is 0 Å². The highest BCUT2D eigenvalue weighted by atomic mass is 16.5. The van der Waals surface area contributed by atoms with Gasteiger partial charge in [-0.1, -0.05) is 17.7 Å². The molecule has 2 rings (SSSR count). The summed E-state index contributed by atoms with van der Waals surface area (Å²) in [6.45, 7) is 9.28. The van der Waals surface area contributed by atoms with E-state index in [0.29, 0.717) is 6.54 Å². The number of hydrogen-bond donors (Lipinski definition) is 2. The summed E-state index contributed by atoms with van der Waals surface area (Å²) in [5, 5.41) is 5.89. The van der Waals surface area contributed by atoms with E-state index in [4.69, 9.17) is 4.74 Å². The van der Waals surface area contributed by atoms with E-state index in [-0.39, 0.29) is 30.5 Å². The molecule has 0 saturated carbocycles. The van der Waals surface area contributed by atoms with Crippen LogP contribution in [0.3, 0.4) is 0 Å². The van der Waals surface area contributed by atoms with Crippen LogP contribution in [-0.4, -0.2) is 55.6 Å². The third-order valence-electron chi connectivity index (χ3n) is 4.90. The molecule has 26 heavy (non-hydrogen) atoms. The first-order chi connectivity index (χ1) is 12.3. The minimum Gasteiger partial charge on any atom is -0.376 e. The molecule has 1 aliphatic heterocycles. The summed E-state index contributed by atoms with van der Waals surface area (Å²) in [6.07, 6.45) is 2.16. The minimum absolute atomic E-state index is 0.0847. The molecule has 1 aliphatic rings. The predicted octanol–water partition coefficient (Wildman–Crippen LogP) is 2.17. The second-order valence-electron chi connectivity index (χ2n) is 7.29. The fourth-order valence-electron chi connectivity index (χ4n) is 3.29. The zero-order chi connectivity index (χ0) is 19.3. The molecule has 0 aromatic heterocycles. The van der Waals surface area contributed by atoms with Gasteiger partial charge in [-0.25, -0.2) is 0 Å². The Hall–Kier alpha value is -1.92. The molecule has 144 valence electrons. The minimum atomic E-state index is -0.387. The molecule has 1 aromatic carbocycles. The summed E-state index contributed by atoms with van der Waals surface area (Å²) in [5.74, 6) is -0.208. The van der Waals surface area contributed by atoms with Gasteiger partial charge in [-0.2, -0.15) is 0 Å². The number of carbonyl (C=O) groups is 2. The maximum atomic E-state index is 12.4. The lowest BCUT2D eigenvalue weighted by atomic mass is 10.1. The van der Waals surface area contributed by atoms with Crippen LogP contribution in [0.5, 0.6) is 0 Å². The van der Waals surface area contributed by atoms with Gasteiger partial charge in [0.15, 0.2) is 0 Å². The molecule has 0 spiro atoms. The maximum absolute atomic E-state index is 12.4. The van der Waals surface area contributed by atoms with Crippen molar-refractivity contribution in [1.29, 1.82) is 0 Å². The summed E-state index contributed by atoms with van der Waals surface area (Å²) in [5.41, 5.74) is 4.11. The Morgan fingerprint density at radius 1 is 1.27 bits per heavy atom. The van der Waals surface area contributed by atoms with E-state index in [0.717, 1.165) is 36.3 Å². The van der Waals surface area contributed by atoms with E-state index in [1.807, 2.05) is 32.9 Å². The second kappa shape index (κ2) is 9.14. The van der Waals surface area contributed by atoms with E-state index >= 15 is 0 Å². The van der Waals surface area contributed by atoms with Crippen LogP contribution < -0.4 is 10.6 Å². The molecule has 6 heteroatoms. The molecular formula is C20H31N3O3. The Morgan fingerprint density at radius 3 is 2.50 bits per heavy atom. The smallest absolute Gasteiger partial charge is 0.238 e. The monoisotopic (exact) mass is 361 g/mol. The first-order valence-corrected chi connectivity index (χ1v) is 9.25. The van der Waals surface area contributed by atoms with Crippen LogP contribution in [0.4, 0.5) is 5.69 Å². The molecule has 1 heterocycles. The third-order valence-corrected chi connectivity index (χ3v) is 4.90. The van der Waals surface area contributed by atoms with Gasteiger partial charge in [0.1, 0.15) is 0 Å². The summed E-state index contributed by atoms with van der Waals surface area (Å²) >= 11 is 0. The van der Waals surface area contributed by atoms with E-state index in [9.17, 15) is 9.59 Å². The number of benzene rings is 1. The Kier molecular flexibility index (Phi) is 7.17. The van der Waals surface area contributed by atoms with E-state index in [1.165, 1.54) is 5.56 Å². The third kappa shape index (κ3) is 5.54. The van der Waals surface area contributed by atoms with Crippen molar-refractivity contribution in [3.8, 4) is 0 Å². The Morgan fingerprint density at radius 2 is 1.92 bits per heavy atom. The van der Waals surface area contributed by atoms with Crippen LogP contribution in [0, 0.1) is 20.8 Å². The molecule has 0 radical (unpaired) electrons. The molecule has 0 unspecified atom stereocenters. The molecule has 1 saturated heterocycles. The number of carbonyl (C=O) groups excluding carboxylic acids is 2. The molecule has 1 aromatic rings. The molecule has 6 nitrogen and oxygen atoms in total. The summed E-state index contributed by atoms with van der Waals surface area (Å²) < 4.78 is 5.51. The highest BCUT2D eigenvalue weighted by Gasteiger charge is 2.22. The van der Waals surface area contributed by atoms with Crippen molar-refractivity contribution in [2.24, 2.45) is 0 Å². The fourth-order valence-corrected chi connectivity index (χ4v) is 3.29. The molecule has 2 atom stereocenters. The first kappa shape index (κ1) is 20.4. The molecule has 2 N–H and O–H groups in total. The van der Waals surface area contributed by atoms with Gasteiger partial charge in [0.05, 0.1) is 18.7 Å². The normalized spacial score (nSPS) is 18.0. The van der Waals surface area contributed by atoms with Gasteiger partial charge in [-0.15, -0.1) is 0 Å². The van der Waals surface area contributed by atoms with Crippen molar-refractivity contribution in [2.75, 3.05) is 32.1 Å². The zero-order valence-corrected chi connectivity index (χ0v) is 16.5. The van der Waals surface area contributed by atoms with Crippen molar-refractivity contribution in [3.05, 3.63) is 28.8 Å². The number of hydrogen-bond acceptors (Lipinski definition) is 4. The van der Waals surface area contributed by atoms with E-state index < -0.39 is 0 Å². The molecule has 0 aliphatic carbocycles. The highest BCUT2D eigenvalue weighted by Crippen LogP contribution is 2.21. The van der Waals surface area contributed by atoms with Gasteiger partial charge in [-0.3, -0.25) is 14.5 Å². The van der Waals surface area contributed by atoms with Gasteiger partial charge >= 0.3 is 0 Å². The summed E-state index contributed by atoms with van der Waals surface area (Å²) in [6, 6.07) is 3.71. The number of nitrogens with one attached hydrogen (secondary N) is 2. The number of amides is 2. The van der Waals surface area contributed by atoms with Gasteiger partial charge in [0.25, 0.3) is 0 Å². The van der Waals surface area contributed by atoms with Crippen LogP contribution in [0.15, 0.2) is 12.1 Å². The Bertz CT molecular complexity index is 631. The zero-order valence-electron chi connectivity index (χ0n) is 16.5. The van der Waals surface area contributed by atoms with E-state index in [2.05, 4.69) is 10.6 Å². The molecule has 2 amide bonds. The Balaban J connectivity index is 1.84. The first-order valence-electron chi connectivity index (χ1n) is 9.25. The lowest BCUT2D eigenvalue weighted by Gasteiger charge is -2.24. The van der Waals surface area contributed by atoms with Crippen molar-refractivity contribution in [3.63, 3.8) is 0 Å². The highest BCUT2D eigenvalue weighted by molar-refractivity contribution is 5.94. The standard InChI is InChI=1S/C20H31N3O3/c1-13-9-14(2)19(15(3)10-13)22-18(24)12-23(5)16(4)20(25)21-11-17-7-6-8-26-17/h9-10,16-17H,6-8,11-12H2,1-5H3,(H,21,25)(H,22,24)/t16-,17+/m0/s1. The topological polar surface area (TPSA) is 70.7 Å². The maximum Gasteiger partial charge on any atom is 0.238 e. The van der Waals surface area contributed by atoms with Crippen molar-refractivity contribution in [1.82, 2.24) is 10.2 Å². The van der Waals surface area contributed by atoms with Crippen molar-refractivity contribution >= 4 is 17.5 Å². The largest absolute Gasteiger partial charge is 0.376 e. The number of nitrogens with zero attached hydrogens (tertiary/aromatic N) is 1. The van der Waals surface area contributed by atoms with Crippen LogP contribution in [0.2, 0.25) is 0 Å². The fraction of sp³-hybridized carbons (Fsp3) is 0.600. The summed E-state index contributed by atoms with van der Waals surface area (Å²) in [7, 11) is 1.78. The molecule has 0 bridgehead atoms. The summed E-state index contributed by atoms with van der Waals surface area (Å²) in [4.78, 5) is 26.4. The van der Waals surface area contributed by atoms with Crippen LogP contribution in [0.1, 0.15) is 36.5 Å². The average Bonchev–Trinajstić information content (AvgIpc) is 3.08. The Labute approximate surface area is 156 Å². The predicted molar refractivity (Wildman–Crippen MR) is 103 cm³/mol. The number of anilines is 1. The second-order valence-corrected chi connectivity index (χ2v) is 7.29. The van der Waals surface area contributed by atoms with Gasteiger partial charge in [-0.05, 0) is 58.7 Å². The number of likely N-dealkylation sites (N-methyl/N-ethyl adjacent to an activating group) is 1. The molecule has 1 fully saturated rings. The lowest BCUT2D eigenvalue weighted by Crippen LogP contribution is -2.47. The van der Waals surface area contributed by atoms with Gasteiger partial charge in [0.2, 0.25) is 11.8 Å². The van der Waals surface area contributed by atoms with Crippen LogP contribution >= 0.6 is 0 Å². The quantitative estimate of drug-likeness (QED) is 0.781. The SMILES string of the molecule is Cc1cc(C)c(NC(=O)CN(C)[C@@H](C)C(=O)NC[C@H]2CCCO2)c(C)c1. The lowest BCUT2D eigenvalue weighted by molar-refractivity contribution is -0.127. The number of ether oxygens (including phenoxy) is 1. The van der Waals surface area contributed by atoms with Gasteiger partial charge in [0, 0.05) is 18.8 Å². The van der Waals surface area contributed by atoms with Crippen molar-refractivity contribution in [2.45, 2.75) is 52.7 Å². The van der Waals surface area contributed by atoms with Crippen LogP contribution in [-0.2, 0) is 14.3 Å². The van der Waals surface area contributed by atoms with Crippen molar-refractivity contribution < 1.29 is 14.3 Å². The van der Waals surface area contributed by atoms with Gasteiger partial charge < -0.3 is 15.4 Å². The van der Waals surface area contributed by atoms with E-state index in [1.54, 1.807) is 18.9 Å². The number of rotatable bonds is 7.